The normalized spacial score (nSPS) is 11.9. The highest BCUT2D eigenvalue weighted by atomic mass is 35.5. The van der Waals surface area contributed by atoms with Gasteiger partial charge in [0.1, 0.15) is 5.69 Å². The first-order valence-corrected chi connectivity index (χ1v) is 6.06. The van der Waals surface area contributed by atoms with Crippen molar-refractivity contribution in [2.45, 2.75) is 13.1 Å². The molecule has 0 aliphatic rings. The topological polar surface area (TPSA) is 24.9 Å². The highest BCUT2D eigenvalue weighted by molar-refractivity contribution is 6.45. The van der Waals surface area contributed by atoms with Crippen molar-refractivity contribution in [3.8, 4) is 0 Å². The van der Waals surface area contributed by atoms with Crippen molar-refractivity contribution in [1.29, 1.82) is 0 Å². The number of aromatic nitrogens is 1. The number of hydrogen-bond acceptors (Lipinski definition) is 2. The van der Waals surface area contributed by atoms with Gasteiger partial charge in [0.25, 0.3) is 0 Å². The van der Waals surface area contributed by atoms with Crippen LogP contribution in [0.2, 0.25) is 10.0 Å². The van der Waals surface area contributed by atoms with Gasteiger partial charge in [-0.15, -0.1) is 0 Å². The van der Waals surface area contributed by atoms with E-state index in [1.807, 2.05) is 0 Å². The van der Waals surface area contributed by atoms with Gasteiger partial charge < -0.3 is 5.32 Å². The molecule has 102 valence electrons. The lowest BCUT2D eigenvalue weighted by Crippen LogP contribution is -2.12. The summed E-state index contributed by atoms with van der Waals surface area (Å²) in [6, 6.07) is 3.12. The molecule has 0 spiro atoms. The fourth-order valence-corrected chi connectivity index (χ4v) is 2.32. The second kappa shape index (κ2) is 4.72. The predicted molar refractivity (Wildman–Crippen MR) is 71.0 cm³/mol. The maximum Gasteiger partial charge on any atom is 0.433 e. The number of fused-ring (bicyclic) bond motifs is 1. The summed E-state index contributed by atoms with van der Waals surface area (Å²) in [4.78, 5) is 3.63. The lowest BCUT2D eigenvalue weighted by Gasteiger charge is -2.16. The van der Waals surface area contributed by atoms with Gasteiger partial charge in [-0.25, -0.2) is 4.98 Å². The summed E-state index contributed by atoms with van der Waals surface area (Å²) in [6.07, 6.45) is -4.55. The van der Waals surface area contributed by atoms with E-state index >= 15 is 0 Å². The largest absolute Gasteiger partial charge is 0.433 e. The van der Waals surface area contributed by atoms with E-state index in [0.717, 1.165) is 0 Å². The highest BCUT2D eigenvalue weighted by Crippen LogP contribution is 2.40. The summed E-state index contributed by atoms with van der Waals surface area (Å²) < 4.78 is 38.9. The zero-order valence-corrected chi connectivity index (χ0v) is 11.5. The highest BCUT2D eigenvalue weighted by Gasteiger charge is 2.36. The lowest BCUT2D eigenvalue weighted by molar-refractivity contribution is -0.141. The quantitative estimate of drug-likeness (QED) is 0.809. The summed E-state index contributed by atoms with van der Waals surface area (Å²) in [5.41, 5.74) is -0.554. The molecular weight excluding hydrogens is 300 g/mol. The van der Waals surface area contributed by atoms with Crippen molar-refractivity contribution in [3.05, 3.63) is 33.4 Å². The molecule has 0 fully saturated rings. The minimum Gasteiger partial charge on any atom is -0.387 e. The van der Waals surface area contributed by atoms with Crippen LogP contribution in [0, 0.1) is 6.92 Å². The fraction of sp³-hybridized carbons (Fsp3) is 0.250. The summed E-state index contributed by atoms with van der Waals surface area (Å²) in [5.74, 6) is 0. The zero-order valence-electron chi connectivity index (χ0n) is 9.99. The van der Waals surface area contributed by atoms with Crippen molar-refractivity contribution >= 4 is 39.8 Å². The van der Waals surface area contributed by atoms with Gasteiger partial charge in [0.2, 0.25) is 0 Å². The van der Waals surface area contributed by atoms with Gasteiger partial charge in [-0.05, 0) is 19.1 Å². The first-order chi connectivity index (χ1) is 8.77. The molecule has 0 radical (unpaired) electrons. The molecule has 0 aliphatic heterocycles. The van der Waals surface area contributed by atoms with Crippen LogP contribution in [0.1, 0.15) is 11.3 Å². The fourth-order valence-electron chi connectivity index (χ4n) is 1.97. The van der Waals surface area contributed by atoms with E-state index in [1.165, 1.54) is 13.0 Å². The number of nitrogens with zero attached hydrogens (tertiary/aromatic N) is 1. The lowest BCUT2D eigenvalue weighted by atomic mass is 10.1. The van der Waals surface area contributed by atoms with E-state index in [9.17, 15) is 13.2 Å². The molecule has 19 heavy (non-hydrogen) atoms. The van der Waals surface area contributed by atoms with Crippen molar-refractivity contribution in [2.24, 2.45) is 0 Å². The molecule has 0 amide bonds. The Balaban J connectivity index is 2.96. The van der Waals surface area contributed by atoms with Crippen LogP contribution in [-0.4, -0.2) is 12.0 Å². The Morgan fingerprint density at radius 1 is 1.21 bits per heavy atom. The molecule has 1 N–H and O–H groups in total. The molecular formula is C12H9Cl2F3N2. The SMILES string of the molecule is CNc1c(C)c(C(F)(F)F)nc2c(Cl)c(Cl)ccc12. The Morgan fingerprint density at radius 2 is 1.84 bits per heavy atom. The molecule has 0 saturated carbocycles. The van der Waals surface area contributed by atoms with Crippen LogP contribution in [0.3, 0.4) is 0 Å². The molecule has 0 aliphatic carbocycles. The Hall–Kier alpha value is -1.20. The number of rotatable bonds is 1. The number of hydrogen-bond donors (Lipinski definition) is 1. The molecule has 0 atom stereocenters. The van der Waals surface area contributed by atoms with E-state index in [1.54, 1.807) is 13.1 Å². The molecule has 2 aromatic rings. The first-order valence-electron chi connectivity index (χ1n) is 5.30. The summed E-state index contributed by atoms with van der Waals surface area (Å²) in [5, 5.41) is 3.44. The van der Waals surface area contributed by atoms with E-state index in [-0.39, 0.29) is 21.1 Å². The van der Waals surface area contributed by atoms with Gasteiger partial charge in [0.15, 0.2) is 0 Å². The van der Waals surface area contributed by atoms with E-state index in [2.05, 4.69) is 10.3 Å². The third-order valence-electron chi connectivity index (χ3n) is 2.81. The standard InChI is InChI=1S/C12H9Cl2F3N2/c1-5-9(18-2)6-3-4-7(13)8(14)10(6)19-11(5)12(15,16)17/h3-4H,1-2H3,(H,18,19). The van der Waals surface area contributed by atoms with Gasteiger partial charge >= 0.3 is 6.18 Å². The number of pyridine rings is 1. The zero-order chi connectivity index (χ0) is 14.4. The van der Waals surface area contributed by atoms with Crippen LogP contribution in [-0.2, 0) is 6.18 Å². The monoisotopic (exact) mass is 308 g/mol. The predicted octanol–water partition coefficient (Wildman–Crippen LogP) is 4.91. The Morgan fingerprint density at radius 3 is 2.37 bits per heavy atom. The average molecular weight is 309 g/mol. The van der Waals surface area contributed by atoms with Crippen molar-refractivity contribution in [3.63, 3.8) is 0 Å². The van der Waals surface area contributed by atoms with Crippen LogP contribution >= 0.6 is 23.2 Å². The summed E-state index contributed by atoms with van der Waals surface area (Å²) in [7, 11) is 1.55. The van der Waals surface area contributed by atoms with Gasteiger partial charge in [-0.2, -0.15) is 13.2 Å². The third-order valence-corrected chi connectivity index (χ3v) is 3.61. The molecule has 1 heterocycles. The van der Waals surface area contributed by atoms with E-state index in [0.29, 0.717) is 11.1 Å². The molecule has 7 heteroatoms. The summed E-state index contributed by atoms with van der Waals surface area (Å²) >= 11 is 11.8. The number of anilines is 1. The van der Waals surface area contributed by atoms with Crippen LogP contribution in [0.25, 0.3) is 10.9 Å². The van der Waals surface area contributed by atoms with Crippen LogP contribution in [0.4, 0.5) is 18.9 Å². The number of nitrogens with one attached hydrogen (secondary N) is 1. The molecule has 1 aromatic heterocycles. The maximum absolute atomic E-state index is 13.0. The van der Waals surface area contributed by atoms with Gasteiger partial charge in [0.05, 0.1) is 15.6 Å². The molecule has 2 rings (SSSR count). The number of alkyl halides is 3. The number of benzene rings is 1. The van der Waals surface area contributed by atoms with Gasteiger partial charge in [-0.3, -0.25) is 0 Å². The van der Waals surface area contributed by atoms with Crippen LogP contribution < -0.4 is 5.32 Å². The number of halogens is 5. The molecule has 1 aromatic carbocycles. The Bertz CT molecular complexity index is 654. The first kappa shape index (κ1) is 14.2. The molecule has 2 nitrogen and oxygen atoms in total. The minimum atomic E-state index is -4.55. The summed E-state index contributed by atoms with van der Waals surface area (Å²) in [6.45, 7) is 1.36. The Kier molecular flexibility index (Phi) is 3.53. The van der Waals surface area contributed by atoms with Crippen molar-refractivity contribution < 1.29 is 13.2 Å². The van der Waals surface area contributed by atoms with Crippen molar-refractivity contribution in [2.75, 3.05) is 12.4 Å². The maximum atomic E-state index is 13.0. The molecule has 0 unspecified atom stereocenters. The van der Waals surface area contributed by atoms with E-state index < -0.39 is 11.9 Å². The van der Waals surface area contributed by atoms with Gasteiger partial charge in [-0.1, -0.05) is 23.2 Å². The molecule has 0 bridgehead atoms. The van der Waals surface area contributed by atoms with Gasteiger partial charge in [0, 0.05) is 23.7 Å². The average Bonchev–Trinajstić information content (AvgIpc) is 2.32. The third kappa shape index (κ3) is 2.32. The second-order valence-electron chi connectivity index (χ2n) is 3.97. The van der Waals surface area contributed by atoms with Crippen LogP contribution in [0.15, 0.2) is 12.1 Å². The van der Waals surface area contributed by atoms with Crippen LogP contribution in [0.5, 0.6) is 0 Å². The Labute approximate surface area is 117 Å². The van der Waals surface area contributed by atoms with E-state index in [4.69, 9.17) is 23.2 Å². The minimum absolute atomic E-state index is 0.0150. The molecule has 0 saturated heterocycles. The second-order valence-corrected chi connectivity index (χ2v) is 4.75. The smallest absolute Gasteiger partial charge is 0.387 e. The van der Waals surface area contributed by atoms with Crippen molar-refractivity contribution in [1.82, 2.24) is 4.98 Å².